The lowest BCUT2D eigenvalue weighted by Crippen LogP contribution is -2.36. The second-order valence-electron chi connectivity index (χ2n) is 5.06. The molecule has 108 valence electrons. The molecule has 1 aromatic rings. The maximum atomic E-state index is 5.30. The average Bonchev–Trinajstić information content (AvgIpc) is 2.37. The molecule has 4 heteroatoms. The molecule has 4 nitrogen and oxygen atoms in total. The Hall–Kier alpha value is -1.26. The molecule has 0 amide bonds. The predicted octanol–water partition coefficient (Wildman–Crippen LogP) is 1.79. The van der Waals surface area contributed by atoms with Crippen LogP contribution in [0.25, 0.3) is 0 Å². The molecule has 19 heavy (non-hydrogen) atoms. The van der Waals surface area contributed by atoms with Crippen LogP contribution in [0.5, 0.6) is 11.5 Å². The van der Waals surface area contributed by atoms with E-state index in [-0.39, 0.29) is 0 Å². The Morgan fingerprint density at radius 2 is 1.84 bits per heavy atom. The van der Waals surface area contributed by atoms with E-state index in [1.165, 1.54) is 5.56 Å². The van der Waals surface area contributed by atoms with Crippen LogP contribution >= 0.6 is 0 Å². The van der Waals surface area contributed by atoms with E-state index in [2.05, 4.69) is 37.3 Å². The average molecular weight is 266 g/mol. The summed E-state index contributed by atoms with van der Waals surface area (Å²) >= 11 is 0. The molecular weight excluding hydrogens is 240 g/mol. The van der Waals surface area contributed by atoms with E-state index in [9.17, 15) is 0 Å². The number of ether oxygens (including phenoxy) is 2. The molecule has 0 saturated heterocycles. The molecule has 0 aromatic heterocycles. The molecule has 0 radical (unpaired) electrons. The molecule has 0 saturated carbocycles. The number of hydrogen-bond donors (Lipinski definition) is 1. The van der Waals surface area contributed by atoms with E-state index < -0.39 is 0 Å². The van der Waals surface area contributed by atoms with Crippen LogP contribution in [-0.2, 0) is 6.42 Å². The maximum absolute atomic E-state index is 5.30. The Balaban J connectivity index is 2.45. The van der Waals surface area contributed by atoms with Gasteiger partial charge in [0.05, 0.1) is 14.2 Å². The molecule has 0 bridgehead atoms. The number of rotatable bonds is 8. The summed E-state index contributed by atoms with van der Waals surface area (Å²) in [6.07, 6.45) is 0.984. The molecule has 0 heterocycles. The largest absolute Gasteiger partial charge is 0.493 e. The second kappa shape index (κ2) is 8.02. The minimum absolute atomic E-state index is 0.496. The summed E-state index contributed by atoms with van der Waals surface area (Å²) in [6.45, 7) is 4.21. The van der Waals surface area contributed by atoms with Gasteiger partial charge in [0, 0.05) is 12.6 Å². The molecule has 0 aliphatic heterocycles. The summed E-state index contributed by atoms with van der Waals surface area (Å²) < 4.78 is 10.5. The standard InChI is InChI=1S/C15H26N2O2/c1-12(11-17(2)3)16-9-8-13-6-7-14(18-4)15(10-13)19-5/h6-7,10,12,16H,8-9,11H2,1-5H3. The SMILES string of the molecule is COc1ccc(CCNC(C)CN(C)C)cc1OC. The van der Waals surface area contributed by atoms with Gasteiger partial charge in [0.25, 0.3) is 0 Å². The summed E-state index contributed by atoms with van der Waals surface area (Å²) in [6, 6.07) is 6.57. The summed E-state index contributed by atoms with van der Waals surface area (Å²) in [4.78, 5) is 2.19. The van der Waals surface area contributed by atoms with Crippen molar-refractivity contribution in [3.05, 3.63) is 23.8 Å². The van der Waals surface area contributed by atoms with E-state index in [1.807, 2.05) is 12.1 Å². The van der Waals surface area contributed by atoms with Crippen molar-refractivity contribution >= 4 is 0 Å². The van der Waals surface area contributed by atoms with Gasteiger partial charge in [0.15, 0.2) is 11.5 Å². The van der Waals surface area contributed by atoms with Crippen molar-refractivity contribution in [2.75, 3.05) is 41.4 Å². The smallest absolute Gasteiger partial charge is 0.160 e. The number of benzene rings is 1. The van der Waals surface area contributed by atoms with Crippen molar-refractivity contribution in [1.82, 2.24) is 10.2 Å². The molecule has 0 spiro atoms. The zero-order valence-corrected chi connectivity index (χ0v) is 12.7. The third-order valence-electron chi connectivity index (χ3n) is 2.99. The van der Waals surface area contributed by atoms with Crippen LogP contribution in [0.4, 0.5) is 0 Å². The Morgan fingerprint density at radius 1 is 1.16 bits per heavy atom. The number of likely N-dealkylation sites (N-methyl/N-ethyl adjacent to an activating group) is 1. The van der Waals surface area contributed by atoms with Crippen molar-refractivity contribution < 1.29 is 9.47 Å². The molecule has 1 rings (SSSR count). The highest BCUT2D eigenvalue weighted by Gasteiger charge is 2.05. The fourth-order valence-corrected chi connectivity index (χ4v) is 2.11. The first-order chi connectivity index (χ1) is 9.06. The van der Waals surface area contributed by atoms with Crippen LogP contribution in [-0.4, -0.2) is 52.3 Å². The fraction of sp³-hybridized carbons (Fsp3) is 0.600. The first kappa shape index (κ1) is 15.8. The second-order valence-corrected chi connectivity index (χ2v) is 5.06. The molecule has 0 aliphatic carbocycles. The number of nitrogens with one attached hydrogen (secondary N) is 1. The Bertz CT molecular complexity index is 380. The van der Waals surface area contributed by atoms with Gasteiger partial charge in [-0.05, 0) is 51.7 Å². The molecule has 1 unspecified atom stereocenters. The molecule has 0 fully saturated rings. The number of hydrogen-bond acceptors (Lipinski definition) is 4. The van der Waals surface area contributed by atoms with E-state index >= 15 is 0 Å². The lowest BCUT2D eigenvalue weighted by molar-refractivity contribution is 0.350. The monoisotopic (exact) mass is 266 g/mol. The third-order valence-corrected chi connectivity index (χ3v) is 2.99. The third kappa shape index (κ3) is 5.49. The van der Waals surface area contributed by atoms with Crippen molar-refractivity contribution in [1.29, 1.82) is 0 Å². The zero-order valence-electron chi connectivity index (χ0n) is 12.7. The molecule has 1 aromatic carbocycles. The lowest BCUT2D eigenvalue weighted by Gasteiger charge is -2.18. The van der Waals surface area contributed by atoms with Crippen LogP contribution in [0.15, 0.2) is 18.2 Å². The topological polar surface area (TPSA) is 33.7 Å². The zero-order chi connectivity index (χ0) is 14.3. The highest BCUT2D eigenvalue weighted by molar-refractivity contribution is 5.42. The fourth-order valence-electron chi connectivity index (χ4n) is 2.11. The van der Waals surface area contributed by atoms with E-state index in [4.69, 9.17) is 9.47 Å². The van der Waals surface area contributed by atoms with Crippen LogP contribution in [0.2, 0.25) is 0 Å². The number of nitrogens with zero attached hydrogens (tertiary/aromatic N) is 1. The minimum atomic E-state index is 0.496. The summed E-state index contributed by atoms with van der Waals surface area (Å²) in [7, 11) is 7.50. The maximum Gasteiger partial charge on any atom is 0.160 e. The van der Waals surface area contributed by atoms with E-state index in [0.29, 0.717) is 6.04 Å². The normalized spacial score (nSPS) is 12.5. The Morgan fingerprint density at radius 3 is 2.42 bits per heavy atom. The van der Waals surface area contributed by atoms with E-state index in [1.54, 1.807) is 14.2 Å². The van der Waals surface area contributed by atoms with E-state index in [0.717, 1.165) is 31.0 Å². The molecular formula is C15H26N2O2. The van der Waals surface area contributed by atoms with Gasteiger partial charge in [-0.15, -0.1) is 0 Å². The van der Waals surface area contributed by atoms with Crippen LogP contribution in [0.1, 0.15) is 12.5 Å². The minimum Gasteiger partial charge on any atom is -0.493 e. The summed E-state index contributed by atoms with van der Waals surface area (Å²) in [5, 5.41) is 3.51. The van der Waals surface area contributed by atoms with Gasteiger partial charge in [0.1, 0.15) is 0 Å². The van der Waals surface area contributed by atoms with Crippen molar-refractivity contribution in [3.8, 4) is 11.5 Å². The summed E-state index contributed by atoms with van der Waals surface area (Å²) in [5.41, 5.74) is 1.25. The van der Waals surface area contributed by atoms with Gasteiger partial charge in [-0.25, -0.2) is 0 Å². The van der Waals surface area contributed by atoms with Crippen molar-refractivity contribution in [3.63, 3.8) is 0 Å². The van der Waals surface area contributed by atoms with Crippen LogP contribution in [0.3, 0.4) is 0 Å². The Kier molecular flexibility index (Phi) is 6.67. The quantitative estimate of drug-likeness (QED) is 0.778. The number of methoxy groups -OCH3 is 2. The van der Waals surface area contributed by atoms with Crippen molar-refractivity contribution in [2.45, 2.75) is 19.4 Å². The van der Waals surface area contributed by atoms with Gasteiger partial charge >= 0.3 is 0 Å². The first-order valence-electron chi connectivity index (χ1n) is 6.65. The summed E-state index contributed by atoms with van der Waals surface area (Å²) in [5.74, 6) is 1.57. The highest BCUT2D eigenvalue weighted by Crippen LogP contribution is 2.27. The lowest BCUT2D eigenvalue weighted by atomic mass is 10.1. The molecule has 1 atom stereocenters. The Labute approximate surface area is 116 Å². The first-order valence-corrected chi connectivity index (χ1v) is 6.65. The van der Waals surface area contributed by atoms with Gasteiger partial charge in [-0.2, -0.15) is 0 Å². The van der Waals surface area contributed by atoms with Gasteiger partial charge in [0.2, 0.25) is 0 Å². The van der Waals surface area contributed by atoms with Gasteiger partial charge < -0.3 is 19.7 Å². The van der Waals surface area contributed by atoms with Gasteiger partial charge in [-0.1, -0.05) is 6.07 Å². The molecule has 0 aliphatic rings. The highest BCUT2D eigenvalue weighted by atomic mass is 16.5. The molecule has 1 N–H and O–H groups in total. The van der Waals surface area contributed by atoms with Crippen molar-refractivity contribution in [2.24, 2.45) is 0 Å². The van der Waals surface area contributed by atoms with Crippen LogP contribution < -0.4 is 14.8 Å². The van der Waals surface area contributed by atoms with Crippen LogP contribution in [0, 0.1) is 0 Å². The predicted molar refractivity (Wildman–Crippen MR) is 79.3 cm³/mol. The van der Waals surface area contributed by atoms with Gasteiger partial charge in [-0.3, -0.25) is 0 Å².